The fourth-order valence-electron chi connectivity index (χ4n) is 2.50. The molecule has 0 aliphatic heterocycles. The molecule has 2 rings (SSSR count). The van der Waals surface area contributed by atoms with Crippen molar-refractivity contribution in [3.8, 4) is 11.9 Å². The molecule has 0 radical (unpaired) electrons. The van der Waals surface area contributed by atoms with Crippen molar-refractivity contribution in [2.45, 2.75) is 57.6 Å². The number of hydrogen-bond acceptors (Lipinski definition) is 5. The van der Waals surface area contributed by atoms with Gasteiger partial charge in [-0.2, -0.15) is 5.26 Å². The molecule has 112 valence electrons. The molecule has 0 unspecified atom stereocenters. The first-order valence-corrected chi connectivity index (χ1v) is 7.40. The zero-order chi connectivity index (χ0) is 15.1. The molecule has 1 aliphatic rings. The van der Waals surface area contributed by atoms with Gasteiger partial charge in [0, 0.05) is 24.9 Å². The molecule has 0 aromatic carbocycles. The van der Waals surface area contributed by atoms with Crippen LogP contribution in [-0.4, -0.2) is 28.0 Å². The Balaban J connectivity index is 1.82. The van der Waals surface area contributed by atoms with Crippen LogP contribution < -0.4 is 10.1 Å². The second-order valence-corrected chi connectivity index (χ2v) is 5.23. The van der Waals surface area contributed by atoms with Crippen LogP contribution in [0.4, 0.5) is 0 Å². The Kier molecular flexibility index (Phi) is 5.50. The van der Waals surface area contributed by atoms with E-state index in [2.05, 4.69) is 15.3 Å². The van der Waals surface area contributed by atoms with Crippen LogP contribution in [0, 0.1) is 11.3 Å². The summed E-state index contributed by atoms with van der Waals surface area (Å²) in [5.74, 6) is 0.432. The molecule has 21 heavy (non-hydrogen) atoms. The van der Waals surface area contributed by atoms with Gasteiger partial charge in [-0.15, -0.1) is 0 Å². The Hall–Kier alpha value is -2.16. The van der Waals surface area contributed by atoms with Gasteiger partial charge in [-0.3, -0.25) is 4.79 Å². The Morgan fingerprint density at radius 3 is 2.76 bits per heavy atom. The van der Waals surface area contributed by atoms with Crippen molar-refractivity contribution in [3.05, 3.63) is 18.1 Å². The van der Waals surface area contributed by atoms with E-state index in [1.807, 2.05) is 13.0 Å². The summed E-state index contributed by atoms with van der Waals surface area (Å²) < 4.78 is 5.77. The molecule has 1 aromatic rings. The summed E-state index contributed by atoms with van der Waals surface area (Å²) in [5.41, 5.74) is 0.218. The van der Waals surface area contributed by atoms with Crippen LogP contribution in [0.15, 0.2) is 12.4 Å². The lowest BCUT2D eigenvalue weighted by molar-refractivity contribution is -0.122. The third-order valence-corrected chi connectivity index (χ3v) is 3.57. The first-order chi connectivity index (χ1) is 10.2. The Morgan fingerprint density at radius 2 is 2.10 bits per heavy atom. The number of carbonyl (C=O) groups is 1. The van der Waals surface area contributed by atoms with Crippen molar-refractivity contribution < 1.29 is 9.53 Å². The quantitative estimate of drug-likeness (QED) is 0.894. The fourth-order valence-corrected chi connectivity index (χ4v) is 2.50. The molecule has 1 heterocycles. The van der Waals surface area contributed by atoms with E-state index >= 15 is 0 Å². The number of nitrogens with one attached hydrogen (secondary N) is 1. The van der Waals surface area contributed by atoms with Crippen molar-refractivity contribution in [2.24, 2.45) is 0 Å². The minimum Gasteiger partial charge on any atom is -0.472 e. The maximum atomic E-state index is 11.6. The molecule has 0 bridgehead atoms. The van der Waals surface area contributed by atoms with Gasteiger partial charge in [0.1, 0.15) is 12.2 Å². The lowest BCUT2D eigenvalue weighted by atomic mass is 9.93. The molecule has 1 saturated carbocycles. The normalized spacial score (nSPS) is 21.3. The van der Waals surface area contributed by atoms with E-state index in [0.29, 0.717) is 12.3 Å². The van der Waals surface area contributed by atoms with Crippen molar-refractivity contribution in [3.63, 3.8) is 0 Å². The van der Waals surface area contributed by atoms with E-state index in [1.54, 1.807) is 0 Å². The van der Waals surface area contributed by atoms with Gasteiger partial charge < -0.3 is 10.1 Å². The number of nitrogens with zero attached hydrogens (tertiary/aromatic N) is 3. The third-order valence-electron chi connectivity index (χ3n) is 3.57. The van der Waals surface area contributed by atoms with Crippen LogP contribution in [0.3, 0.4) is 0 Å². The van der Waals surface area contributed by atoms with Gasteiger partial charge in [-0.1, -0.05) is 6.92 Å². The van der Waals surface area contributed by atoms with Gasteiger partial charge in [-0.05, 0) is 32.1 Å². The molecule has 1 amide bonds. The Morgan fingerprint density at radius 1 is 1.38 bits per heavy atom. The van der Waals surface area contributed by atoms with E-state index in [1.165, 1.54) is 12.4 Å². The maximum Gasteiger partial charge on any atom is 0.251 e. The number of aromatic nitrogens is 2. The summed E-state index contributed by atoms with van der Waals surface area (Å²) in [4.78, 5) is 19.6. The lowest BCUT2D eigenvalue weighted by Crippen LogP contribution is -2.39. The van der Waals surface area contributed by atoms with Crippen molar-refractivity contribution in [2.75, 3.05) is 0 Å². The Bertz CT molecular complexity index is 519. The van der Waals surface area contributed by atoms with Crippen LogP contribution in [0.5, 0.6) is 5.88 Å². The van der Waals surface area contributed by atoms with Gasteiger partial charge >= 0.3 is 0 Å². The van der Waals surface area contributed by atoms with Crippen LogP contribution in [0.2, 0.25) is 0 Å². The SMILES string of the molecule is CCCC(=O)NC1CCC(Oc2nccnc2C#N)CC1. The monoisotopic (exact) mass is 288 g/mol. The van der Waals surface area contributed by atoms with E-state index < -0.39 is 0 Å². The maximum absolute atomic E-state index is 11.6. The second-order valence-electron chi connectivity index (χ2n) is 5.23. The molecule has 0 spiro atoms. The highest BCUT2D eigenvalue weighted by molar-refractivity contribution is 5.76. The molecular formula is C15H20N4O2. The number of hydrogen-bond donors (Lipinski definition) is 1. The van der Waals surface area contributed by atoms with Gasteiger partial charge in [0.25, 0.3) is 5.88 Å². The summed E-state index contributed by atoms with van der Waals surface area (Å²) >= 11 is 0. The predicted molar refractivity (Wildman–Crippen MR) is 76.5 cm³/mol. The summed E-state index contributed by atoms with van der Waals surface area (Å²) in [6.07, 6.45) is 7.96. The average Bonchev–Trinajstić information content (AvgIpc) is 2.50. The zero-order valence-corrected chi connectivity index (χ0v) is 12.2. The van der Waals surface area contributed by atoms with Gasteiger partial charge in [-0.25, -0.2) is 9.97 Å². The molecule has 0 saturated heterocycles. The standard InChI is InChI=1S/C15H20N4O2/c1-2-3-14(20)19-11-4-6-12(7-5-11)21-15-13(10-16)17-8-9-18-15/h8-9,11-12H,2-7H2,1H3,(H,19,20). The number of nitriles is 1. The molecule has 1 fully saturated rings. The van der Waals surface area contributed by atoms with E-state index in [-0.39, 0.29) is 23.7 Å². The lowest BCUT2D eigenvalue weighted by Gasteiger charge is -2.29. The largest absolute Gasteiger partial charge is 0.472 e. The topological polar surface area (TPSA) is 87.9 Å². The predicted octanol–water partition coefficient (Wildman–Crippen LogP) is 1.95. The number of ether oxygens (including phenoxy) is 1. The van der Waals surface area contributed by atoms with E-state index in [4.69, 9.17) is 10.00 Å². The molecular weight excluding hydrogens is 268 g/mol. The molecule has 0 atom stereocenters. The summed E-state index contributed by atoms with van der Waals surface area (Å²) in [6, 6.07) is 2.22. The fraction of sp³-hybridized carbons (Fsp3) is 0.600. The third kappa shape index (κ3) is 4.42. The van der Waals surface area contributed by atoms with Crippen LogP contribution in [0.25, 0.3) is 0 Å². The summed E-state index contributed by atoms with van der Waals surface area (Å²) in [6.45, 7) is 2.00. The van der Waals surface area contributed by atoms with Crippen molar-refractivity contribution in [1.82, 2.24) is 15.3 Å². The number of amides is 1. The average molecular weight is 288 g/mol. The van der Waals surface area contributed by atoms with E-state index in [0.717, 1.165) is 32.1 Å². The van der Waals surface area contributed by atoms with Crippen molar-refractivity contribution >= 4 is 5.91 Å². The molecule has 6 nitrogen and oxygen atoms in total. The molecule has 6 heteroatoms. The van der Waals surface area contributed by atoms with Gasteiger partial charge in [0.2, 0.25) is 11.6 Å². The highest BCUT2D eigenvalue weighted by Crippen LogP contribution is 2.24. The smallest absolute Gasteiger partial charge is 0.251 e. The number of carbonyl (C=O) groups excluding carboxylic acids is 1. The Labute approximate surface area is 124 Å². The minimum atomic E-state index is 0.0353. The van der Waals surface area contributed by atoms with Gasteiger partial charge in [0.15, 0.2) is 0 Å². The highest BCUT2D eigenvalue weighted by Gasteiger charge is 2.24. The first-order valence-electron chi connectivity index (χ1n) is 7.40. The van der Waals surface area contributed by atoms with Crippen molar-refractivity contribution in [1.29, 1.82) is 5.26 Å². The minimum absolute atomic E-state index is 0.0353. The molecule has 1 N–H and O–H groups in total. The summed E-state index contributed by atoms with van der Waals surface area (Å²) in [5, 5.41) is 12.0. The molecule has 1 aromatic heterocycles. The zero-order valence-electron chi connectivity index (χ0n) is 12.2. The highest BCUT2D eigenvalue weighted by atomic mass is 16.5. The van der Waals surface area contributed by atoms with Crippen LogP contribution in [-0.2, 0) is 4.79 Å². The number of rotatable bonds is 5. The van der Waals surface area contributed by atoms with Crippen LogP contribution in [0.1, 0.15) is 51.1 Å². The second kappa shape index (κ2) is 7.58. The summed E-state index contributed by atoms with van der Waals surface area (Å²) in [7, 11) is 0. The van der Waals surface area contributed by atoms with Gasteiger partial charge in [0.05, 0.1) is 0 Å². The first kappa shape index (κ1) is 15.2. The van der Waals surface area contributed by atoms with Crippen LogP contribution >= 0.6 is 0 Å². The van der Waals surface area contributed by atoms with E-state index in [9.17, 15) is 4.79 Å². The molecule has 1 aliphatic carbocycles.